The monoisotopic (exact) mass is 322 g/mol. The Morgan fingerprint density at radius 1 is 1.06 bits per heavy atom. The molecule has 0 aliphatic rings. The van der Waals surface area contributed by atoms with Gasteiger partial charge in [0.15, 0.2) is 5.63 Å². The molecule has 0 aromatic heterocycles. The van der Waals surface area contributed by atoms with Crippen LogP contribution in [-0.2, 0) is 4.83 Å². The first-order chi connectivity index (χ1) is 7.91. The van der Waals surface area contributed by atoms with Crippen molar-refractivity contribution in [3.8, 4) is 0 Å². The molecule has 0 nitrogen and oxygen atoms in total. The number of benzene rings is 2. The third kappa shape index (κ3) is 2.43. The molecule has 0 N–H and O–H groups in total. The van der Waals surface area contributed by atoms with Crippen LogP contribution in [0.25, 0.3) is 10.8 Å². The Morgan fingerprint density at radius 3 is 2.24 bits per heavy atom. The Bertz CT molecular complexity index is 549. The van der Waals surface area contributed by atoms with Crippen LogP contribution in [0.2, 0.25) is 0 Å². The molecule has 2 rings (SSSR count). The highest BCUT2D eigenvalue weighted by Gasteiger charge is 2.29. The smallest absolute Gasteiger partial charge is 0.225 e. The summed E-state index contributed by atoms with van der Waals surface area (Å²) in [7, 11) is 0. The lowest BCUT2D eigenvalue weighted by Gasteiger charge is -2.14. The number of alkyl halides is 5. The SMILES string of the molecule is FC(Cl)c1cccc2c(C(F)(F)Br)cccc12. The molecular formula is C12H7BrClF3. The van der Waals surface area contributed by atoms with Crippen LogP contribution >= 0.6 is 27.5 Å². The normalized spacial score (nSPS) is 13.9. The third-order valence-electron chi connectivity index (χ3n) is 2.50. The van der Waals surface area contributed by atoms with Gasteiger partial charge in [-0.1, -0.05) is 48.0 Å². The zero-order chi connectivity index (χ0) is 12.6. The third-order valence-corrected chi connectivity index (χ3v) is 3.16. The van der Waals surface area contributed by atoms with Gasteiger partial charge in [0, 0.05) is 11.1 Å². The minimum Gasteiger partial charge on any atom is -0.225 e. The van der Waals surface area contributed by atoms with E-state index in [0.29, 0.717) is 5.39 Å². The van der Waals surface area contributed by atoms with Gasteiger partial charge in [-0.15, -0.1) is 0 Å². The molecule has 0 saturated heterocycles. The Hall–Kier alpha value is -0.740. The highest BCUT2D eigenvalue weighted by atomic mass is 79.9. The van der Waals surface area contributed by atoms with Crippen LogP contribution < -0.4 is 0 Å². The van der Waals surface area contributed by atoms with Crippen molar-refractivity contribution in [1.29, 1.82) is 0 Å². The van der Waals surface area contributed by atoms with Gasteiger partial charge < -0.3 is 0 Å². The lowest BCUT2D eigenvalue weighted by molar-refractivity contribution is 0.116. The van der Waals surface area contributed by atoms with Crippen molar-refractivity contribution in [3.63, 3.8) is 0 Å². The molecule has 5 heteroatoms. The van der Waals surface area contributed by atoms with Crippen LogP contribution in [0.3, 0.4) is 0 Å². The molecule has 0 heterocycles. The molecule has 0 bridgehead atoms. The van der Waals surface area contributed by atoms with Crippen LogP contribution in [0.4, 0.5) is 13.2 Å². The highest BCUT2D eigenvalue weighted by Crippen LogP contribution is 2.40. The van der Waals surface area contributed by atoms with E-state index in [0.717, 1.165) is 0 Å². The summed E-state index contributed by atoms with van der Waals surface area (Å²) in [6.07, 6.45) is 0. The van der Waals surface area contributed by atoms with E-state index in [1.165, 1.54) is 30.3 Å². The molecule has 1 unspecified atom stereocenters. The molecule has 2 aromatic carbocycles. The Labute approximate surface area is 110 Å². The molecule has 0 aliphatic heterocycles. The van der Waals surface area contributed by atoms with E-state index in [9.17, 15) is 13.2 Å². The lowest BCUT2D eigenvalue weighted by atomic mass is 10.0. The molecule has 0 amide bonds. The number of hydrogen-bond donors (Lipinski definition) is 0. The summed E-state index contributed by atoms with van der Waals surface area (Å²) in [6.45, 7) is 0. The first-order valence-corrected chi connectivity index (χ1v) is 6.01. The van der Waals surface area contributed by atoms with E-state index in [1.807, 2.05) is 0 Å². The molecule has 0 spiro atoms. The average Bonchev–Trinajstić information content (AvgIpc) is 2.26. The summed E-state index contributed by atoms with van der Waals surface area (Å²) in [5, 5.41) is 0.682. The maximum Gasteiger partial charge on any atom is 0.327 e. The zero-order valence-corrected chi connectivity index (χ0v) is 10.8. The minimum atomic E-state index is -3.15. The summed E-state index contributed by atoms with van der Waals surface area (Å²) >= 11 is 7.69. The van der Waals surface area contributed by atoms with Gasteiger partial charge in [0.25, 0.3) is 0 Å². The standard InChI is InChI=1S/C12H7BrClF3/c13-12(16,17)10-6-2-3-7-8(10)4-1-5-9(7)11(14)15/h1-6,11H. The summed E-state index contributed by atoms with van der Waals surface area (Å²) in [4.78, 5) is -3.15. The second-order valence-electron chi connectivity index (χ2n) is 3.55. The van der Waals surface area contributed by atoms with Crippen LogP contribution in [0.5, 0.6) is 0 Å². The summed E-state index contributed by atoms with van der Waals surface area (Å²) in [5.74, 6) is 0. The van der Waals surface area contributed by atoms with Gasteiger partial charge in [-0.3, -0.25) is 0 Å². The van der Waals surface area contributed by atoms with Crippen LogP contribution in [0, 0.1) is 0 Å². The molecule has 0 radical (unpaired) electrons. The molecule has 0 saturated carbocycles. The van der Waals surface area contributed by atoms with Crippen molar-refractivity contribution < 1.29 is 13.2 Å². The molecule has 90 valence electrons. The maximum atomic E-state index is 13.3. The van der Waals surface area contributed by atoms with Crippen molar-refractivity contribution in [3.05, 3.63) is 47.5 Å². The fraction of sp³-hybridized carbons (Fsp3) is 0.167. The first kappa shape index (κ1) is 12.7. The second-order valence-corrected chi connectivity index (χ2v) is 4.93. The number of hydrogen-bond acceptors (Lipinski definition) is 0. The Kier molecular flexibility index (Phi) is 3.36. The Balaban J connectivity index is 2.79. The molecule has 0 aliphatic carbocycles. The zero-order valence-electron chi connectivity index (χ0n) is 8.43. The van der Waals surface area contributed by atoms with E-state index in [4.69, 9.17) is 11.6 Å². The number of rotatable bonds is 2. The minimum absolute atomic E-state index is 0.197. The fourth-order valence-electron chi connectivity index (χ4n) is 1.77. The summed E-state index contributed by atoms with van der Waals surface area (Å²) in [6, 6.07) is 8.83. The van der Waals surface area contributed by atoms with E-state index < -0.39 is 10.5 Å². The van der Waals surface area contributed by atoms with Gasteiger partial charge in [-0.05, 0) is 26.7 Å². The summed E-state index contributed by atoms with van der Waals surface area (Å²) < 4.78 is 39.8. The highest BCUT2D eigenvalue weighted by molar-refractivity contribution is 9.09. The van der Waals surface area contributed by atoms with Crippen LogP contribution in [0.1, 0.15) is 16.8 Å². The Morgan fingerprint density at radius 2 is 1.65 bits per heavy atom. The molecular weight excluding hydrogens is 316 g/mol. The molecule has 0 fully saturated rings. The molecule has 2 aromatic rings. The lowest BCUT2D eigenvalue weighted by Crippen LogP contribution is -2.03. The predicted octanol–water partition coefficient (Wildman–Crippen LogP) is 5.49. The topological polar surface area (TPSA) is 0 Å². The van der Waals surface area contributed by atoms with Crippen molar-refractivity contribution in [2.75, 3.05) is 0 Å². The van der Waals surface area contributed by atoms with Crippen molar-refractivity contribution in [2.24, 2.45) is 0 Å². The van der Waals surface area contributed by atoms with Crippen molar-refractivity contribution in [2.45, 2.75) is 10.5 Å². The van der Waals surface area contributed by atoms with Crippen LogP contribution in [-0.4, -0.2) is 0 Å². The van der Waals surface area contributed by atoms with Gasteiger partial charge in [-0.25, -0.2) is 4.39 Å². The second kappa shape index (κ2) is 4.50. The van der Waals surface area contributed by atoms with Gasteiger partial charge in [0.1, 0.15) is 0 Å². The fourth-order valence-corrected chi connectivity index (χ4v) is 2.31. The van der Waals surface area contributed by atoms with Gasteiger partial charge in [0.05, 0.1) is 0 Å². The van der Waals surface area contributed by atoms with Crippen molar-refractivity contribution >= 4 is 38.3 Å². The molecule has 17 heavy (non-hydrogen) atoms. The van der Waals surface area contributed by atoms with E-state index in [-0.39, 0.29) is 16.5 Å². The van der Waals surface area contributed by atoms with Gasteiger partial charge in [0.2, 0.25) is 0 Å². The first-order valence-electron chi connectivity index (χ1n) is 4.78. The molecule has 1 atom stereocenters. The summed E-state index contributed by atoms with van der Waals surface area (Å²) in [5.41, 5.74) is -1.71. The predicted molar refractivity (Wildman–Crippen MR) is 66.5 cm³/mol. The van der Waals surface area contributed by atoms with E-state index in [1.54, 1.807) is 6.07 Å². The largest absolute Gasteiger partial charge is 0.327 e. The number of halogens is 5. The van der Waals surface area contributed by atoms with E-state index >= 15 is 0 Å². The average molecular weight is 324 g/mol. The quantitative estimate of drug-likeness (QED) is 0.641. The van der Waals surface area contributed by atoms with Gasteiger partial charge in [-0.2, -0.15) is 8.78 Å². The van der Waals surface area contributed by atoms with Crippen LogP contribution in [0.15, 0.2) is 36.4 Å². The van der Waals surface area contributed by atoms with Crippen molar-refractivity contribution in [1.82, 2.24) is 0 Å². The van der Waals surface area contributed by atoms with Gasteiger partial charge >= 0.3 is 4.83 Å². The maximum absolute atomic E-state index is 13.3. The van der Waals surface area contributed by atoms with E-state index in [2.05, 4.69) is 15.9 Å². The number of fused-ring (bicyclic) bond motifs is 1.